The molecule has 0 heterocycles. The molecule has 94 valence electrons. The number of carboxylic acids is 1. The second-order valence-electron chi connectivity index (χ2n) is 3.93. The van der Waals surface area contributed by atoms with E-state index in [0.29, 0.717) is 19.6 Å². The number of carbonyl (C=O) groups is 1. The lowest BCUT2D eigenvalue weighted by Gasteiger charge is -2.08. The number of carboxylic acid groups (broad SMARTS) is 1. The number of methoxy groups -OCH3 is 1. The van der Waals surface area contributed by atoms with Gasteiger partial charge in [-0.2, -0.15) is 0 Å². The Morgan fingerprint density at radius 1 is 1.29 bits per heavy atom. The van der Waals surface area contributed by atoms with Crippen LogP contribution in [0.25, 0.3) is 0 Å². The van der Waals surface area contributed by atoms with Gasteiger partial charge in [0.05, 0.1) is 12.5 Å². The molecule has 0 aliphatic carbocycles. The predicted octanol–water partition coefficient (Wildman–Crippen LogP) is 1.98. The van der Waals surface area contributed by atoms with E-state index in [1.165, 1.54) is 0 Å². The van der Waals surface area contributed by atoms with Crippen molar-refractivity contribution in [2.45, 2.75) is 13.3 Å². The standard InChI is InChI=1S/C13H18O4/c1-10(13(14)15)9-11-3-5-12(6-4-11)17-8-7-16-2/h3-6,10H,7-9H2,1-2H3,(H,14,15). The highest BCUT2D eigenvalue weighted by Crippen LogP contribution is 2.15. The Kier molecular flexibility index (Phi) is 5.49. The first kappa shape index (κ1) is 13.5. The third-order valence-electron chi connectivity index (χ3n) is 2.44. The van der Waals surface area contributed by atoms with Crippen molar-refractivity contribution in [3.8, 4) is 5.75 Å². The summed E-state index contributed by atoms with van der Waals surface area (Å²) >= 11 is 0. The van der Waals surface area contributed by atoms with E-state index in [-0.39, 0.29) is 5.92 Å². The van der Waals surface area contributed by atoms with Crippen LogP contribution < -0.4 is 4.74 Å². The van der Waals surface area contributed by atoms with Crippen LogP contribution in [0.15, 0.2) is 24.3 Å². The topological polar surface area (TPSA) is 55.8 Å². The average Bonchev–Trinajstić information content (AvgIpc) is 2.31. The lowest BCUT2D eigenvalue weighted by Crippen LogP contribution is -2.12. The van der Waals surface area contributed by atoms with Crippen molar-refractivity contribution in [2.24, 2.45) is 5.92 Å². The summed E-state index contributed by atoms with van der Waals surface area (Å²) in [7, 11) is 1.62. The molecule has 17 heavy (non-hydrogen) atoms. The molecule has 0 radical (unpaired) electrons. The minimum absolute atomic E-state index is 0.366. The third-order valence-corrected chi connectivity index (χ3v) is 2.44. The van der Waals surface area contributed by atoms with Crippen molar-refractivity contribution < 1.29 is 19.4 Å². The fraction of sp³-hybridized carbons (Fsp3) is 0.462. The van der Waals surface area contributed by atoms with Crippen LogP contribution in [0, 0.1) is 5.92 Å². The number of rotatable bonds is 7. The number of aliphatic carboxylic acids is 1. The van der Waals surface area contributed by atoms with Gasteiger partial charge in [-0.25, -0.2) is 0 Å². The first-order valence-corrected chi connectivity index (χ1v) is 5.57. The zero-order chi connectivity index (χ0) is 12.7. The number of hydrogen-bond donors (Lipinski definition) is 1. The summed E-state index contributed by atoms with van der Waals surface area (Å²) < 4.78 is 10.3. The second-order valence-corrected chi connectivity index (χ2v) is 3.93. The molecule has 1 unspecified atom stereocenters. The molecule has 4 heteroatoms. The van der Waals surface area contributed by atoms with E-state index in [2.05, 4.69) is 0 Å². The molecular weight excluding hydrogens is 220 g/mol. The van der Waals surface area contributed by atoms with Gasteiger partial charge in [0.15, 0.2) is 0 Å². The van der Waals surface area contributed by atoms with Crippen LogP contribution in [0.2, 0.25) is 0 Å². The van der Waals surface area contributed by atoms with Crippen LogP contribution in [-0.2, 0) is 16.0 Å². The van der Waals surface area contributed by atoms with Crippen LogP contribution in [0.3, 0.4) is 0 Å². The highest BCUT2D eigenvalue weighted by molar-refractivity contribution is 5.69. The van der Waals surface area contributed by atoms with E-state index in [0.717, 1.165) is 11.3 Å². The van der Waals surface area contributed by atoms with Crippen LogP contribution >= 0.6 is 0 Å². The molecule has 1 N–H and O–H groups in total. The monoisotopic (exact) mass is 238 g/mol. The van der Waals surface area contributed by atoms with E-state index in [1.807, 2.05) is 24.3 Å². The molecule has 1 atom stereocenters. The molecule has 0 aliphatic heterocycles. The van der Waals surface area contributed by atoms with Gasteiger partial charge >= 0.3 is 5.97 Å². The highest BCUT2D eigenvalue weighted by atomic mass is 16.5. The quantitative estimate of drug-likeness (QED) is 0.738. The predicted molar refractivity (Wildman–Crippen MR) is 64.3 cm³/mol. The Bertz CT molecular complexity index is 345. The molecule has 1 aromatic carbocycles. The molecule has 0 saturated heterocycles. The summed E-state index contributed by atoms with van der Waals surface area (Å²) in [6.07, 6.45) is 0.535. The van der Waals surface area contributed by atoms with Crippen molar-refractivity contribution >= 4 is 5.97 Å². The van der Waals surface area contributed by atoms with Gasteiger partial charge < -0.3 is 14.6 Å². The Labute approximate surface area is 101 Å². The first-order chi connectivity index (χ1) is 8.13. The summed E-state index contributed by atoms with van der Waals surface area (Å²) in [5.41, 5.74) is 0.999. The highest BCUT2D eigenvalue weighted by Gasteiger charge is 2.11. The van der Waals surface area contributed by atoms with Crippen molar-refractivity contribution in [1.29, 1.82) is 0 Å². The molecular formula is C13H18O4. The van der Waals surface area contributed by atoms with Crippen LogP contribution in [0.4, 0.5) is 0 Å². The Balaban J connectivity index is 2.47. The van der Waals surface area contributed by atoms with Crippen molar-refractivity contribution in [3.05, 3.63) is 29.8 Å². The minimum atomic E-state index is -0.773. The number of ether oxygens (including phenoxy) is 2. The van der Waals surface area contributed by atoms with Gasteiger partial charge in [-0.1, -0.05) is 19.1 Å². The maximum atomic E-state index is 10.7. The largest absolute Gasteiger partial charge is 0.491 e. The normalized spacial score (nSPS) is 12.1. The molecule has 0 aromatic heterocycles. The molecule has 0 bridgehead atoms. The number of hydrogen-bond acceptors (Lipinski definition) is 3. The van der Waals surface area contributed by atoms with Gasteiger partial charge in [0.2, 0.25) is 0 Å². The lowest BCUT2D eigenvalue weighted by molar-refractivity contribution is -0.141. The summed E-state index contributed by atoms with van der Waals surface area (Å²) in [5, 5.41) is 8.80. The molecule has 0 saturated carbocycles. The maximum absolute atomic E-state index is 10.7. The summed E-state index contributed by atoms with van der Waals surface area (Å²) in [4.78, 5) is 10.7. The Hall–Kier alpha value is -1.55. The zero-order valence-electron chi connectivity index (χ0n) is 10.2. The fourth-order valence-corrected chi connectivity index (χ4v) is 1.41. The van der Waals surface area contributed by atoms with Crippen LogP contribution in [0.1, 0.15) is 12.5 Å². The van der Waals surface area contributed by atoms with E-state index in [1.54, 1.807) is 14.0 Å². The van der Waals surface area contributed by atoms with Gasteiger partial charge in [-0.05, 0) is 24.1 Å². The van der Waals surface area contributed by atoms with Crippen molar-refractivity contribution in [1.82, 2.24) is 0 Å². The van der Waals surface area contributed by atoms with Crippen molar-refractivity contribution in [2.75, 3.05) is 20.3 Å². The van der Waals surface area contributed by atoms with Crippen molar-refractivity contribution in [3.63, 3.8) is 0 Å². The molecule has 0 amide bonds. The zero-order valence-corrected chi connectivity index (χ0v) is 10.2. The van der Waals surface area contributed by atoms with Gasteiger partial charge in [0.25, 0.3) is 0 Å². The molecule has 1 aromatic rings. The van der Waals surface area contributed by atoms with E-state index in [4.69, 9.17) is 14.6 Å². The molecule has 0 fully saturated rings. The second kappa shape index (κ2) is 6.91. The number of benzene rings is 1. The van der Waals surface area contributed by atoms with Crippen LogP contribution in [-0.4, -0.2) is 31.4 Å². The van der Waals surface area contributed by atoms with E-state index >= 15 is 0 Å². The Morgan fingerprint density at radius 2 is 1.94 bits per heavy atom. The van der Waals surface area contributed by atoms with Gasteiger partial charge in [0.1, 0.15) is 12.4 Å². The van der Waals surface area contributed by atoms with E-state index < -0.39 is 5.97 Å². The average molecular weight is 238 g/mol. The van der Waals surface area contributed by atoms with E-state index in [9.17, 15) is 4.79 Å². The summed E-state index contributed by atoms with van der Waals surface area (Å²) in [6, 6.07) is 7.47. The smallest absolute Gasteiger partial charge is 0.306 e. The Morgan fingerprint density at radius 3 is 2.47 bits per heavy atom. The molecule has 0 spiro atoms. The van der Waals surface area contributed by atoms with Gasteiger partial charge in [-0.15, -0.1) is 0 Å². The fourth-order valence-electron chi connectivity index (χ4n) is 1.41. The third kappa shape index (κ3) is 4.87. The first-order valence-electron chi connectivity index (χ1n) is 5.57. The SMILES string of the molecule is COCCOc1ccc(CC(C)C(=O)O)cc1. The van der Waals surface area contributed by atoms with Gasteiger partial charge in [-0.3, -0.25) is 4.79 Å². The molecule has 4 nitrogen and oxygen atoms in total. The minimum Gasteiger partial charge on any atom is -0.491 e. The summed E-state index contributed by atoms with van der Waals surface area (Å²) in [5.74, 6) is -0.366. The molecule has 0 aliphatic rings. The maximum Gasteiger partial charge on any atom is 0.306 e. The summed E-state index contributed by atoms with van der Waals surface area (Å²) in [6.45, 7) is 2.77. The lowest BCUT2D eigenvalue weighted by atomic mass is 10.0. The van der Waals surface area contributed by atoms with Crippen LogP contribution in [0.5, 0.6) is 5.75 Å². The molecule has 1 rings (SSSR count). The van der Waals surface area contributed by atoms with Gasteiger partial charge in [0, 0.05) is 7.11 Å².